The number of carbonyl (C=O) groups excluding carboxylic acids is 2. The molecule has 7 heteroatoms. The van der Waals surface area contributed by atoms with Crippen molar-refractivity contribution in [2.24, 2.45) is 5.10 Å². The number of amides is 3. The van der Waals surface area contributed by atoms with Gasteiger partial charge >= 0.3 is 6.03 Å². The van der Waals surface area contributed by atoms with Gasteiger partial charge in [0, 0.05) is 24.2 Å². The summed E-state index contributed by atoms with van der Waals surface area (Å²) in [4.78, 5) is 24.8. The molecule has 0 saturated heterocycles. The number of aliphatic hydroxyl groups excluding tert-OH is 1. The fourth-order valence-corrected chi connectivity index (χ4v) is 2.88. The fraction of sp³-hybridized carbons (Fsp3) is 0.400. The maximum absolute atomic E-state index is 12.0. The Morgan fingerprint density at radius 3 is 2.91 bits per heavy atom. The third-order valence-corrected chi connectivity index (χ3v) is 3.93. The Labute approximate surface area is 128 Å². The number of aliphatic hydroxyl groups is 1. The lowest BCUT2D eigenvalue weighted by atomic mass is 9.95. The van der Waals surface area contributed by atoms with Gasteiger partial charge in [0.2, 0.25) is 5.91 Å². The lowest BCUT2D eigenvalue weighted by molar-refractivity contribution is -0.119. The van der Waals surface area contributed by atoms with Crippen LogP contribution in [0.15, 0.2) is 23.3 Å². The molecule has 22 heavy (non-hydrogen) atoms. The van der Waals surface area contributed by atoms with Crippen molar-refractivity contribution in [2.75, 3.05) is 18.1 Å². The van der Waals surface area contributed by atoms with Crippen LogP contribution >= 0.6 is 0 Å². The molecule has 0 bridgehead atoms. The first-order valence-corrected chi connectivity index (χ1v) is 7.28. The molecular weight excluding hydrogens is 284 g/mol. The molecule has 0 spiro atoms. The van der Waals surface area contributed by atoms with Gasteiger partial charge in [-0.1, -0.05) is 6.07 Å². The van der Waals surface area contributed by atoms with E-state index in [9.17, 15) is 9.59 Å². The van der Waals surface area contributed by atoms with Crippen LogP contribution in [0, 0.1) is 0 Å². The van der Waals surface area contributed by atoms with Crippen molar-refractivity contribution in [2.45, 2.75) is 25.8 Å². The number of rotatable bonds is 3. The van der Waals surface area contributed by atoms with Gasteiger partial charge in [0.05, 0.1) is 18.4 Å². The van der Waals surface area contributed by atoms with Crippen LogP contribution in [-0.4, -0.2) is 41.9 Å². The quantitative estimate of drug-likeness (QED) is 0.752. The lowest BCUT2D eigenvalue weighted by Gasteiger charge is -2.30. The zero-order valence-electron chi connectivity index (χ0n) is 12.3. The van der Waals surface area contributed by atoms with E-state index in [2.05, 4.69) is 15.8 Å². The fourth-order valence-electron chi connectivity index (χ4n) is 2.88. The number of aryl methyl sites for hydroxylation is 1. The third kappa shape index (κ3) is 2.55. The summed E-state index contributed by atoms with van der Waals surface area (Å²) in [5.74, 6) is 0.0339. The molecule has 0 aliphatic carbocycles. The summed E-state index contributed by atoms with van der Waals surface area (Å²) in [6.45, 7) is 2.12. The highest BCUT2D eigenvalue weighted by Gasteiger charge is 2.26. The van der Waals surface area contributed by atoms with Crippen LogP contribution in [0.5, 0.6) is 0 Å². The van der Waals surface area contributed by atoms with Gasteiger partial charge in [-0.3, -0.25) is 4.79 Å². The molecule has 1 unspecified atom stereocenters. The third-order valence-electron chi connectivity index (χ3n) is 3.93. The van der Waals surface area contributed by atoms with Gasteiger partial charge in [0.15, 0.2) is 0 Å². The molecule has 116 valence electrons. The number of nitrogens with one attached hydrogen (secondary N) is 2. The van der Waals surface area contributed by atoms with E-state index in [1.165, 1.54) is 0 Å². The molecular formula is C15H18N4O3. The molecule has 0 radical (unpaired) electrons. The highest BCUT2D eigenvalue weighted by Crippen LogP contribution is 2.29. The summed E-state index contributed by atoms with van der Waals surface area (Å²) in [5.41, 5.74) is 5.98. The Morgan fingerprint density at radius 2 is 2.18 bits per heavy atom. The van der Waals surface area contributed by atoms with E-state index < -0.39 is 0 Å². The number of carbonyl (C=O) groups is 2. The number of nitrogens with zero attached hydrogens (tertiary/aromatic N) is 2. The van der Waals surface area contributed by atoms with E-state index in [0.29, 0.717) is 19.4 Å². The molecule has 0 aromatic heterocycles. The largest absolute Gasteiger partial charge is 0.395 e. The Bertz CT molecular complexity index is 656. The normalized spacial score (nSPS) is 20.9. The molecule has 3 amide bonds. The lowest BCUT2D eigenvalue weighted by Crippen LogP contribution is -2.48. The summed E-state index contributed by atoms with van der Waals surface area (Å²) in [6.07, 6.45) is 1.11. The molecule has 0 saturated carbocycles. The first-order chi connectivity index (χ1) is 10.6. The molecule has 1 aromatic rings. The zero-order chi connectivity index (χ0) is 15.7. The van der Waals surface area contributed by atoms with E-state index in [1.54, 1.807) is 4.90 Å². The van der Waals surface area contributed by atoms with Gasteiger partial charge < -0.3 is 15.3 Å². The van der Waals surface area contributed by atoms with Crippen LogP contribution in [0.3, 0.4) is 0 Å². The Hall–Kier alpha value is -2.41. The van der Waals surface area contributed by atoms with Crippen molar-refractivity contribution < 1.29 is 14.7 Å². The highest BCUT2D eigenvalue weighted by molar-refractivity contribution is 6.08. The number of benzene rings is 1. The number of urea groups is 1. The first kappa shape index (κ1) is 14.5. The Morgan fingerprint density at radius 1 is 1.36 bits per heavy atom. The minimum absolute atomic E-state index is 0.0339. The predicted molar refractivity (Wildman–Crippen MR) is 81.9 cm³/mol. The van der Waals surface area contributed by atoms with Crippen LogP contribution in [0.2, 0.25) is 0 Å². The number of hydrazone groups is 1. The molecule has 2 aliphatic rings. The van der Waals surface area contributed by atoms with E-state index >= 15 is 0 Å². The van der Waals surface area contributed by atoms with Crippen LogP contribution in [0.25, 0.3) is 0 Å². The van der Waals surface area contributed by atoms with Crippen LogP contribution in [0.4, 0.5) is 10.5 Å². The van der Waals surface area contributed by atoms with Crippen molar-refractivity contribution >= 4 is 23.3 Å². The van der Waals surface area contributed by atoms with Gasteiger partial charge in [-0.25, -0.2) is 10.2 Å². The summed E-state index contributed by atoms with van der Waals surface area (Å²) in [6, 6.07) is 5.28. The Kier molecular flexibility index (Phi) is 3.81. The van der Waals surface area contributed by atoms with Crippen LogP contribution < -0.4 is 15.6 Å². The number of fused-ring (bicyclic) bond motifs is 1. The first-order valence-electron chi connectivity index (χ1n) is 7.28. The molecule has 3 N–H and O–H groups in total. The molecule has 2 aliphatic heterocycles. The number of anilines is 1. The summed E-state index contributed by atoms with van der Waals surface area (Å²) in [7, 11) is 0. The Balaban J connectivity index is 1.94. The van der Waals surface area contributed by atoms with E-state index in [-0.39, 0.29) is 24.6 Å². The second kappa shape index (κ2) is 5.76. The summed E-state index contributed by atoms with van der Waals surface area (Å²) in [5, 5.41) is 16.0. The second-order valence-corrected chi connectivity index (χ2v) is 5.42. The minimum Gasteiger partial charge on any atom is -0.395 e. The molecule has 1 atom stereocenters. The zero-order valence-corrected chi connectivity index (χ0v) is 12.3. The van der Waals surface area contributed by atoms with Gasteiger partial charge in [0.1, 0.15) is 0 Å². The smallest absolute Gasteiger partial charge is 0.335 e. The van der Waals surface area contributed by atoms with E-state index in [1.807, 2.05) is 25.1 Å². The average molecular weight is 302 g/mol. The molecule has 1 aromatic carbocycles. The summed E-state index contributed by atoms with van der Waals surface area (Å²) < 4.78 is 0. The minimum atomic E-state index is -0.311. The standard InChI is InChI=1S/C15H18N4O3/c1-9-14(17-18-15(22)16-9)11-2-4-12-10(8-11)3-5-13(21)19(12)6-7-20/h2,4,8-9,20H,3,5-7H2,1H3,(H2,16,18,22). The van der Waals surface area contributed by atoms with Gasteiger partial charge in [-0.05, 0) is 31.0 Å². The number of hydrogen-bond donors (Lipinski definition) is 3. The monoisotopic (exact) mass is 302 g/mol. The SMILES string of the molecule is CC1NC(=O)NN=C1c1ccc2c(c1)CCC(=O)N2CCO. The van der Waals surface area contributed by atoms with E-state index in [4.69, 9.17) is 5.11 Å². The second-order valence-electron chi connectivity index (χ2n) is 5.42. The number of β-amino-alcohol motifs (C(OH)–C–C–N with tert-alkyl or cyclic N) is 1. The van der Waals surface area contributed by atoms with Crippen molar-refractivity contribution in [1.29, 1.82) is 0 Å². The van der Waals surface area contributed by atoms with Gasteiger partial charge in [-0.2, -0.15) is 5.10 Å². The van der Waals surface area contributed by atoms with E-state index in [0.717, 1.165) is 22.5 Å². The van der Waals surface area contributed by atoms with Gasteiger partial charge in [0.25, 0.3) is 0 Å². The molecule has 7 nitrogen and oxygen atoms in total. The van der Waals surface area contributed by atoms with Gasteiger partial charge in [-0.15, -0.1) is 0 Å². The van der Waals surface area contributed by atoms with Crippen molar-refractivity contribution in [1.82, 2.24) is 10.7 Å². The summed E-state index contributed by atoms with van der Waals surface area (Å²) >= 11 is 0. The van der Waals surface area contributed by atoms with Crippen LogP contribution in [-0.2, 0) is 11.2 Å². The maximum atomic E-state index is 12.0. The number of hydrogen-bond acceptors (Lipinski definition) is 4. The predicted octanol–water partition coefficient (Wildman–Crippen LogP) is 0.363. The highest BCUT2D eigenvalue weighted by atomic mass is 16.3. The maximum Gasteiger partial charge on any atom is 0.335 e. The van der Waals surface area contributed by atoms with Crippen molar-refractivity contribution in [3.63, 3.8) is 0 Å². The molecule has 3 rings (SSSR count). The van der Waals surface area contributed by atoms with Crippen molar-refractivity contribution in [3.05, 3.63) is 29.3 Å². The molecule has 0 fully saturated rings. The average Bonchev–Trinajstić information content (AvgIpc) is 2.50. The topological polar surface area (TPSA) is 94.0 Å². The van der Waals surface area contributed by atoms with Crippen LogP contribution in [0.1, 0.15) is 24.5 Å². The molecule has 2 heterocycles. The van der Waals surface area contributed by atoms with Crippen molar-refractivity contribution in [3.8, 4) is 0 Å².